The fourth-order valence-corrected chi connectivity index (χ4v) is 1.83. The molecule has 0 amide bonds. The molecule has 0 saturated heterocycles. The molecule has 19 heavy (non-hydrogen) atoms. The molecule has 1 aromatic heterocycles. The van der Waals surface area contributed by atoms with Crippen LogP contribution in [-0.2, 0) is 6.42 Å². The fraction of sp³-hybridized carbons (Fsp3) is 0.286. The number of rotatable bonds is 4. The van der Waals surface area contributed by atoms with Crippen LogP contribution in [0.4, 0.5) is 4.39 Å². The van der Waals surface area contributed by atoms with Crippen LogP contribution in [0.1, 0.15) is 29.9 Å². The number of hydrogen-bond donors (Lipinski definition) is 1. The van der Waals surface area contributed by atoms with E-state index in [1.54, 1.807) is 18.2 Å². The number of carboxylic acids is 1. The number of alkyl halides is 1. The zero-order valence-corrected chi connectivity index (χ0v) is 10.7. The first kappa shape index (κ1) is 13.3. The summed E-state index contributed by atoms with van der Waals surface area (Å²) in [5, 5.41) is 12.2. The largest absolute Gasteiger partial charge is 0.476 e. The van der Waals surface area contributed by atoms with E-state index in [2.05, 4.69) is 5.16 Å². The van der Waals surface area contributed by atoms with E-state index in [-0.39, 0.29) is 12.1 Å². The van der Waals surface area contributed by atoms with E-state index in [1.165, 1.54) is 19.9 Å². The summed E-state index contributed by atoms with van der Waals surface area (Å²) in [6.07, 6.45) is 0.279. The molecule has 1 aromatic carbocycles. The van der Waals surface area contributed by atoms with Gasteiger partial charge in [-0.2, -0.15) is 0 Å². The van der Waals surface area contributed by atoms with Gasteiger partial charge in [-0.1, -0.05) is 23.4 Å². The summed E-state index contributed by atoms with van der Waals surface area (Å²) in [5.74, 6) is -0.785. The first-order valence-electron chi connectivity index (χ1n) is 5.83. The second kappa shape index (κ2) is 4.84. The van der Waals surface area contributed by atoms with Crippen LogP contribution in [0.25, 0.3) is 11.3 Å². The van der Waals surface area contributed by atoms with Gasteiger partial charge in [-0.05, 0) is 25.5 Å². The normalized spacial score (nSPS) is 11.5. The number of aromatic nitrogens is 1. The molecule has 2 rings (SSSR count). The van der Waals surface area contributed by atoms with Gasteiger partial charge in [0.25, 0.3) is 0 Å². The molecule has 0 aliphatic carbocycles. The maximum atomic E-state index is 13.6. The van der Waals surface area contributed by atoms with Crippen molar-refractivity contribution >= 4 is 5.97 Å². The molecule has 0 unspecified atom stereocenters. The van der Waals surface area contributed by atoms with Gasteiger partial charge in [-0.3, -0.25) is 0 Å². The summed E-state index contributed by atoms with van der Waals surface area (Å²) in [6, 6.07) is 8.48. The number of benzene rings is 1. The van der Waals surface area contributed by atoms with Crippen LogP contribution in [0.3, 0.4) is 0 Å². The monoisotopic (exact) mass is 263 g/mol. The van der Waals surface area contributed by atoms with Gasteiger partial charge in [0.2, 0.25) is 0 Å². The molecule has 2 aromatic rings. The molecule has 0 aliphatic rings. The highest BCUT2D eigenvalue weighted by Gasteiger charge is 2.17. The highest BCUT2D eigenvalue weighted by molar-refractivity contribution is 5.86. The van der Waals surface area contributed by atoms with E-state index in [4.69, 9.17) is 9.63 Å². The Morgan fingerprint density at radius 2 is 2.16 bits per heavy atom. The third-order valence-electron chi connectivity index (χ3n) is 2.57. The SMILES string of the molecule is CC(C)(F)Cc1cccc(-c2cc(C(=O)O)no2)c1. The summed E-state index contributed by atoms with van der Waals surface area (Å²) in [5.41, 5.74) is 0.0537. The van der Waals surface area contributed by atoms with Crippen molar-refractivity contribution in [1.82, 2.24) is 5.16 Å². The lowest BCUT2D eigenvalue weighted by Crippen LogP contribution is -2.15. The Labute approximate surface area is 109 Å². The number of carboxylic acid groups (broad SMARTS) is 1. The van der Waals surface area contributed by atoms with Gasteiger partial charge in [-0.15, -0.1) is 0 Å². The van der Waals surface area contributed by atoms with Crippen LogP contribution in [0.15, 0.2) is 34.9 Å². The van der Waals surface area contributed by atoms with Crippen molar-refractivity contribution < 1.29 is 18.8 Å². The zero-order chi connectivity index (χ0) is 14.0. The van der Waals surface area contributed by atoms with Crippen molar-refractivity contribution in [3.05, 3.63) is 41.6 Å². The van der Waals surface area contributed by atoms with Crippen LogP contribution >= 0.6 is 0 Å². The Bertz CT molecular complexity index is 599. The first-order chi connectivity index (χ1) is 8.85. The molecule has 0 atom stereocenters. The van der Waals surface area contributed by atoms with Crippen LogP contribution < -0.4 is 0 Å². The minimum absolute atomic E-state index is 0.147. The van der Waals surface area contributed by atoms with Crippen molar-refractivity contribution in [2.75, 3.05) is 0 Å². The smallest absolute Gasteiger partial charge is 0.358 e. The van der Waals surface area contributed by atoms with Crippen molar-refractivity contribution in [3.63, 3.8) is 0 Å². The summed E-state index contributed by atoms with van der Waals surface area (Å²) >= 11 is 0. The molecule has 0 fully saturated rings. The standard InChI is InChI=1S/C14H14FNO3/c1-14(2,15)8-9-4-3-5-10(6-9)12-7-11(13(17)18)16-19-12/h3-7H,8H2,1-2H3,(H,17,18). The minimum Gasteiger partial charge on any atom is -0.476 e. The topological polar surface area (TPSA) is 63.3 Å². The van der Waals surface area contributed by atoms with Gasteiger partial charge in [0.05, 0.1) is 0 Å². The molecule has 0 saturated carbocycles. The highest BCUT2D eigenvalue weighted by Crippen LogP contribution is 2.24. The lowest BCUT2D eigenvalue weighted by molar-refractivity contribution is 0.0686. The average molecular weight is 263 g/mol. The van der Waals surface area contributed by atoms with E-state index < -0.39 is 11.6 Å². The molecule has 100 valence electrons. The second-order valence-electron chi connectivity index (χ2n) is 4.98. The van der Waals surface area contributed by atoms with Crippen LogP contribution in [0, 0.1) is 0 Å². The molecule has 0 bridgehead atoms. The summed E-state index contributed by atoms with van der Waals surface area (Å²) < 4.78 is 18.6. The number of hydrogen-bond acceptors (Lipinski definition) is 3. The van der Waals surface area contributed by atoms with E-state index >= 15 is 0 Å². The fourth-order valence-electron chi connectivity index (χ4n) is 1.83. The molecular weight excluding hydrogens is 249 g/mol. The van der Waals surface area contributed by atoms with Gasteiger partial charge < -0.3 is 9.63 Å². The van der Waals surface area contributed by atoms with E-state index in [1.807, 2.05) is 6.07 Å². The zero-order valence-electron chi connectivity index (χ0n) is 10.7. The van der Waals surface area contributed by atoms with Gasteiger partial charge >= 0.3 is 5.97 Å². The maximum Gasteiger partial charge on any atom is 0.358 e. The summed E-state index contributed by atoms with van der Waals surface area (Å²) in [7, 11) is 0. The summed E-state index contributed by atoms with van der Waals surface area (Å²) in [4.78, 5) is 10.7. The quantitative estimate of drug-likeness (QED) is 0.919. The van der Waals surface area contributed by atoms with Gasteiger partial charge in [0, 0.05) is 18.1 Å². The Hall–Kier alpha value is -2.17. The lowest BCUT2D eigenvalue weighted by Gasteiger charge is -2.14. The number of carbonyl (C=O) groups is 1. The van der Waals surface area contributed by atoms with Crippen molar-refractivity contribution in [2.45, 2.75) is 25.9 Å². The first-order valence-corrected chi connectivity index (χ1v) is 5.83. The third-order valence-corrected chi connectivity index (χ3v) is 2.57. The number of nitrogens with zero attached hydrogens (tertiary/aromatic N) is 1. The van der Waals surface area contributed by atoms with Crippen molar-refractivity contribution in [1.29, 1.82) is 0 Å². The average Bonchev–Trinajstić information content (AvgIpc) is 2.76. The Morgan fingerprint density at radius 3 is 2.74 bits per heavy atom. The second-order valence-corrected chi connectivity index (χ2v) is 4.98. The minimum atomic E-state index is -1.30. The Morgan fingerprint density at radius 1 is 1.42 bits per heavy atom. The van der Waals surface area contributed by atoms with Gasteiger partial charge in [0.15, 0.2) is 11.5 Å². The molecule has 0 radical (unpaired) electrons. The molecule has 5 heteroatoms. The van der Waals surface area contributed by atoms with E-state index in [9.17, 15) is 9.18 Å². The van der Waals surface area contributed by atoms with Gasteiger partial charge in [-0.25, -0.2) is 9.18 Å². The number of halogens is 1. The van der Waals surface area contributed by atoms with E-state index in [0.717, 1.165) is 5.56 Å². The lowest BCUT2D eigenvalue weighted by atomic mass is 9.98. The molecule has 1 N–H and O–H groups in total. The van der Waals surface area contributed by atoms with Crippen molar-refractivity contribution in [2.24, 2.45) is 0 Å². The highest BCUT2D eigenvalue weighted by atomic mass is 19.1. The molecule has 0 spiro atoms. The van der Waals surface area contributed by atoms with Crippen molar-refractivity contribution in [3.8, 4) is 11.3 Å². The van der Waals surface area contributed by atoms with E-state index in [0.29, 0.717) is 11.3 Å². The van der Waals surface area contributed by atoms with Crippen LogP contribution in [-0.4, -0.2) is 21.9 Å². The molecule has 1 heterocycles. The predicted molar refractivity (Wildman–Crippen MR) is 67.8 cm³/mol. The molecule has 4 nitrogen and oxygen atoms in total. The third kappa shape index (κ3) is 3.40. The molecular formula is C14H14FNO3. The number of aromatic carboxylic acids is 1. The van der Waals surface area contributed by atoms with Crippen LogP contribution in [0.2, 0.25) is 0 Å². The maximum absolute atomic E-state index is 13.6. The van der Waals surface area contributed by atoms with Crippen LogP contribution in [0.5, 0.6) is 0 Å². The summed E-state index contributed by atoms with van der Waals surface area (Å²) in [6.45, 7) is 3.02. The molecule has 0 aliphatic heterocycles. The Balaban J connectivity index is 2.29. The predicted octanol–water partition coefficient (Wildman–Crippen LogP) is 3.33. The Kier molecular flexibility index (Phi) is 3.38. The van der Waals surface area contributed by atoms with Gasteiger partial charge in [0.1, 0.15) is 5.67 Å².